The highest BCUT2D eigenvalue weighted by Gasteiger charge is 2.28. The van der Waals surface area contributed by atoms with Crippen molar-refractivity contribution in [1.82, 2.24) is 15.5 Å². The van der Waals surface area contributed by atoms with Crippen LogP contribution in [0.3, 0.4) is 0 Å². The lowest BCUT2D eigenvalue weighted by atomic mass is 9.85. The molecule has 0 aliphatic heterocycles. The van der Waals surface area contributed by atoms with Crippen LogP contribution in [-0.4, -0.2) is 33.3 Å². The van der Waals surface area contributed by atoms with Gasteiger partial charge in [-0.1, -0.05) is 39.0 Å². The molecule has 0 aliphatic carbocycles. The number of carboxylic acids is 1. The van der Waals surface area contributed by atoms with E-state index in [4.69, 9.17) is 5.11 Å². The summed E-state index contributed by atoms with van der Waals surface area (Å²) in [4.78, 5) is 22.7. The van der Waals surface area contributed by atoms with Crippen molar-refractivity contribution in [1.29, 1.82) is 0 Å². The quantitative estimate of drug-likeness (QED) is 0.772. The zero-order chi connectivity index (χ0) is 15.3. The maximum absolute atomic E-state index is 11.9. The molecular weight excluding hydrogens is 280 g/mol. The molecule has 1 rings (SSSR count). The van der Waals surface area contributed by atoms with Crippen molar-refractivity contribution in [3.05, 3.63) is 5.01 Å². The Hall–Kier alpha value is -1.70. The van der Waals surface area contributed by atoms with Gasteiger partial charge in [0.25, 0.3) is 0 Å². The Balaban J connectivity index is 2.64. The average molecular weight is 300 g/mol. The highest BCUT2D eigenvalue weighted by molar-refractivity contribution is 7.15. The second-order valence-corrected chi connectivity index (χ2v) is 6.53. The van der Waals surface area contributed by atoms with E-state index in [1.54, 1.807) is 0 Å². The summed E-state index contributed by atoms with van der Waals surface area (Å²) in [5.74, 6) is -0.950. The molecule has 1 heterocycles. The number of hydrogen-bond acceptors (Lipinski definition) is 5. The number of carboxylic acid groups (broad SMARTS) is 1. The van der Waals surface area contributed by atoms with Gasteiger partial charge in [-0.05, 0) is 11.8 Å². The normalized spacial score (nSPS) is 12.8. The third-order valence-corrected chi connectivity index (χ3v) is 3.70. The molecule has 1 aromatic heterocycles. The third-order valence-electron chi connectivity index (χ3n) is 2.72. The number of carbonyl (C=O) groups excluding carboxylic acids is 1. The molecule has 1 aromatic rings. The maximum atomic E-state index is 11.9. The summed E-state index contributed by atoms with van der Waals surface area (Å²) in [6, 6.07) is -0.941. The lowest BCUT2D eigenvalue weighted by Gasteiger charge is -2.30. The second kappa shape index (κ2) is 6.65. The van der Waals surface area contributed by atoms with Crippen molar-refractivity contribution in [2.45, 2.75) is 46.6 Å². The fourth-order valence-corrected chi connectivity index (χ4v) is 2.16. The molecule has 0 aromatic carbocycles. The molecule has 0 fully saturated rings. The molecule has 20 heavy (non-hydrogen) atoms. The van der Waals surface area contributed by atoms with Gasteiger partial charge in [0.15, 0.2) is 0 Å². The van der Waals surface area contributed by atoms with Crippen LogP contribution >= 0.6 is 11.3 Å². The standard InChI is InChI=1S/C12H20N4O3S/c1-5-8-15-16-11(20-8)14-10(19)13-7(6-9(17)18)12(2,3)4/h7H,5-6H2,1-4H3,(H,17,18)(H2,13,14,16,19). The van der Waals surface area contributed by atoms with Crippen molar-refractivity contribution < 1.29 is 14.7 Å². The molecule has 8 heteroatoms. The van der Waals surface area contributed by atoms with Crippen molar-refractivity contribution in [2.75, 3.05) is 5.32 Å². The maximum Gasteiger partial charge on any atom is 0.321 e. The van der Waals surface area contributed by atoms with E-state index in [1.807, 2.05) is 27.7 Å². The molecule has 0 saturated heterocycles. The van der Waals surface area contributed by atoms with Crippen LogP contribution in [0.25, 0.3) is 0 Å². The molecule has 0 aliphatic rings. The van der Waals surface area contributed by atoms with E-state index < -0.39 is 18.0 Å². The highest BCUT2D eigenvalue weighted by atomic mass is 32.1. The Morgan fingerprint density at radius 2 is 2.00 bits per heavy atom. The predicted octanol–water partition coefficient (Wildman–Crippen LogP) is 2.11. The van der Waals surface area contributed by atoms with Gasteiger partial charge in [-0.2, -0.15) is 0 Å². The summed E-state index contributed by atoms with van der Waals surface area (Å²) < 4.78 is 0. The van der Waals surface area contributed by atoms with E-state index in [-0.39, 0.29) is 11.8 Å². The molecule has 112 valence electrons. The van der Waals surface area contributed by atoms with Crippen molar-refractivity contribution >= 4 is 28.5 Å². The molecule has 1 unspecified atom stereocenters. The monoisotopic (exact) mass is 300 g/mol. The van der Waals surface area contributed by atoms with Crippen LogP contribution in [0.1, 0.15) is 39.1 Å². The highest BCUT2D eigenvalue weighted by Crippen LogP contribution is 2.22. The van der Waals surface area contributed by atoms with E-state index in [0.717, 1.165) is 11.4 Å². The summed E-state index contributed by atoms with van der Waals surface area (Å²) in [7, 11) is 0. The first kappa shape index (κ1) is 16.4. The van der Waals surface area contributed by atoms with Crippen molar-refractivity contribution in [2.24, 2.45) is 5.41 Å². The minimum atomic E-state index is -0.950. The Bertz CT molecular complexity index is 481. The summed E-state index contributed by atoms with van der Waals surface area (Å²) in [5, 5.41) is 23.1. The summed E-state index contributed by atoms with van der Waals surface area (Å²) in [6.07, 6.45) is 0.623. The predicted molar refractivity (Wildman–Crippen MR) is 76.9 cm³/mol. The molecule has 0 radical (unpaired) electrons. The molecule has 1 atom stereocenters. The first-order valence-electron chi connectivity index (χ1n) is 6.34. The van der Waals surface area contributed by atoms with Gasteiger partial charge in [-0.15, -0.1) is 10.2 Å². The second-order valence-electron chi connectivity index (χ2n) is 5.47. The zero-order valence-electron chi connectivity index (χ0n) is 12.1. The molecular formula is C12H20N4O3S. The van der Waals surface area contributed by atoms with Gasteiger partial charge in [-0.25, -0.2) is 4.79 Å². The first-order chi connectivity index (χ1) is 9.22. The van der Waals surface area contributed by atoms with E-state index in [9.17, 15) is 9.59 Å². The molecule has 7 nitrogen and oxygen atoms in total. The minimum absolute atomic E-state index is 0.132. The number of rotatable bonds is 5. The van der Waals surface area contributed by atoms with Crippen LogP contribution < -0.4 is 10.6 Å². The van der Waals surface area contributed by atoms with Crippen LogP contribution in [0, 0.1) is 5.41 Å². The lowest BCUT2D eigenvalue weighted by Crippen LogP contribution is -2.46. The van der Waals surface area contributed by atoms with E-state index >= 15 is 0 Å². The van der Waals surface area contributed by atoms with Gasteiger partial charge in [0.1, 0.15) is 5.01 Å². The first-order valence-corrected chi connectivity index (χ1v) is 7.15. The van der Waals surface area contributed by atoms with Gasteiger partial charge < -0.3 is 10.4 Å². The fraction of sp³-hybridized carbons (Fsp3) is 0.667. The van der Waals surface area contributed by atoms with E-state index in [0.29, 0.717) is 5.13 Å². The van der Waals surface area contributed by atoms with Gasteiger partial charge in [0, 0.05) is 6.04 Å². The molecule has 3 N–H and O–H groups in total. The fourth-order valence-electron chi connectivity index (χ4n) is 1.49. The summed E-state index contributed by atoms with van der Waals surface area (Å²) in [5.41, 5.74) is -0.356. The zero-order valence-corrected chi connectivity index (χ0v) is 12.9. The lowest BCUT2D eigenvalue weighted by molar-refractivity contribution is -0.138. The Kier molecular flexibility index (Phi) is 5.43. The smallest absolute Gasteiger partial charge is 0.321 e. The Morgan fingerprint density at radius 1 is 1.35 bits per heavy atom. The number of aliphatic carboxylic acids is 1. The van der Waals surface area contributed by atoms with Crippen molar-refractivity contribution in [3.63, 3.8) is 0 Å². The average Bonchev–Trinajstić information content (AvgIpc) is 2.74. The van der Waals surface area contributed by atoms with Gasteiger partial charge in [-0.3, -0.25) is 10.1 Å². The summed E-state index contributed by atoms with van der Waals surface area (Å²) >= 11 is 1.30. The molecule has 0 spiro atoms. The number of nitrogens with one attached hydrogen (secondary N) is 2. The van der Waals surface area contributed by atoms with E-state index in [1.165, 1.54) is 11.3 Å². The van der Waals surface area contributed by atoms with Crippen molar-refractivity contribution in [3.8, 4) is 0 Å². The topological polar surface area (TPSA) is 104 Å². The summed E-state index contributed by atoms with van der Waals surface area (Å²) in [6.45, 7) is 7.58. The van der Waals surface area contributed by atoms with Crippen LogP contribution in [-0.2, 0) is 11.2 Å². The SMILES string of the molecule is CCc1nnc(NC(=O)NC(CC(=O)O)C(C)(C)C)s1. The third kappa shape index (κ3) is 5.12. The molecule has 2 amide bonds. The van der Waals surface area contributed by atoms with Gasteiger partial charge in [0.05, 0.1) is 6.42 Å². The van der Waals surface area contributed by atoms with E-state index in [2.05, 4.69) is 20.8 Å². The number of carbonyl (C=O) groups is 2. The molecule has 0 bridgehead atoms. The largest absolute Gasteiger partial charge is 0.481 e. The van der Waals surface area contributed by atoms with Crippen LogP contribution in [0.2, 0.25) is 0 Å². The Morgan fingerprint density at radius 3 is 2.45 bits per heavy atom. The molecule has 0 saturated carbocycles. The minimum Gasteiger partial charge on any atom is -0.481 e. The number of urea groups is 1. The van der Waals surface area contributed by atoms with Crippen LogP contribution in [0.5, 0.6) is 0 Å². The number of aryl methyl sites for hydroxylation is 1. The van der Waals surface area contributed by atoms with Gasteiger partial charge in [0.2, 0.25) is 5.13 Å². The number of nitrogens with zero attached hydrogens (tertiary/aromatic N) is 2. The Labute approximate surface area is 121 Å². The number of aromatic nitrogens is 2. The van der Waals surface area contributed by atoms with Crippen LogP contribution in [0.15, 0.2) is 0 Å². The number of amides is 2. The number of anilines is 1. The number of hydrogen-bond donors (Lipinski definition) is 3. The van der Waals surface area contributed by atoms with Gasteiger partial charge >= 0.3 is 12.0 Å². The van der Waals surface area contributed by atoms with Crippen LogP contribution in [0.4, 0.5) is 9.93 Å².